The zero-order valence-electron chi connectivity index (χ0n) is 8.01. The van der Waals surface area contributed by atoms with E-state index in [1.54, 1.807) is 6.20 Å². The Morgan fingerprint density at radius 3 is 2.54 bits per heavy atom. The van der Waals surface area contributed by atoms with E-state index in [9.17, 15) is 5.11 Å². The van der Waals surface area contributed by atoms with Crippen molar-refractivity contribution >= 4 is 0 Å². The SMILES string of the molecule is CC(C)[C@@H](O)[C@@H](N)c1ccccn1. The Labute approximate surface area is 78.6 Å². The van der Waals surface area contributed by atoms with Crippen molar-refractivity contribution in [2.24, 2.45) is 11.7 Å². The Bertz CT molecular complexity index is 248. The predicted octanol–water partition coefficient (Wildman–Crippen LogP) is 1.10. The maximum Gasteiger partial charge on any atom is 0.0771 e. The molecule has 13 heavy (non-hydrogen) atoms. The normalized spacial score (nSPS) is 15.8. The predicted molar refractivity (Wildman–Crippen MR) is 52.0 cm³/mol. The molecule has 0 bridgehead atoms. The van der Waals surface area contributed by atoms with E-state index in [2.05, 4.69) is 4.98 Å². The van der Waals surface area contributed by atoms with Crippen molar-refractivity contribution in [3.63, 3.8) is 0 Å². The van der Waals surface area contributed by atoms with Gasteiger partial charge >= 0.3 is 0 Å². The largest absolute Gasteiger partial charge is 0.391 e. The number of aromatic nitrogens is 1. The molecule has 0 saturated carbocycles. The summed E-state index contributed by atoms with van der Waals surface area (Å²) in [5.41, 5.74) is 6.57. The Morgan fingerprint density at radius 2 is 2.08 bits per heavy atom. The zero-order chi connectivity index (χ0) is 9.84. The van der Waals surface area contributed by atoms with Gasteiger partial charge < -0.3 is 10.8 Å². The zero-order valence-corrected chi connectivity index (χ0v) is 8.01. The summed E-state index contributed by atoms with van der Waals surface area (Å²) in [7, 11) is 0. The molecular formula is C10H16N2O. The van der Waals surface area contributed by atoms with Gasteiger partial charge in [0.2, 0.25) is 0 Å². The highest BCUT2D eigenvalue weighted by Gasteiger charge is 2.20. The molecule has 0 spiro atoms. The molecule has 72 valence electrons. The molecule has 1 aromatic rings. The molecule has 3 heteroatoms. The topological polar surface area (TPSA) is 59.1 Å². The molecule has 1 heterocycles. The van der Waals surface area contributed by atoms with E-state index in [1.807, 2.05) is 32.0 Å². The minimum Gasteiger partial charge on any atom is -0.391 e. The number of hydrogen-bond donors (Lipinski definition) is 2. The maximum atomic E-state index is 9.68. The van der Waals surface area contributed by atoms with Gasteiger partial charge in [-0.25, -0.2) is 0 Å². The van der Waals surface area contributed by atoms with Crippen molar-refractivity contribution in [2.45, 2.75) is 26.0 Å². The minimum atomic E-state index is -0.533. The van der Waals surface area contributed by atoms with Crippen LogP contribution in [0.15, 0.2) is 24.4 Å². The Balaban J connectivity index is 2.73. The van der Waals surface area contributed by atoms with Gasteiger partial charge in [-0.1, -0.05) is 19.9 Å². The van der Waals surface area contributed by atoms with Crippen molar-refractivity contribution < 1.29 is 5.11 Å². The Morgan fingerprint density at radius 1 is 1.38 bits per heavy atom. The first kappa shape index (κ1) is 10.2. The van der Waals surface area contributed by atoms with Gasteiger partial charge in [0.1, 0.15) is 0 Å². The standard InChI is InChI=1S/C10H16N2O/c1-7(2)10(13)9(11)8-5-3-4-6-12-8/h3-7,9-10,13H,11H2,1-2H3/t9-,10+/m0/s1. The average Bonchev–Trinajstić information content (AvgIpc) is 2.17. The van der Waals surface area contributed by atoms with Crippen LogP contribution in [-0.4, -0.2) is 16.2 Å². The number of hydrogen-bond acceptors (Lipinski definition) is 3. The van der Waals surface area contributed by atoms with Crippen LogP contribution in [0.3, 0.4) is 0 Å². The number of nitrogens with two attached hydrogens (primary N) is 1. The van der Waals surface area contributed by atoms with Crippen LogP contribution in [0.1, 0.15) is 25.6 Å². The minimum absolute atomic E-state index is 0.150. The fourth-order valence-electron chi connectivity index (χ4n) is 1.16. The van der Waals surface area contributed by atoms with E-state index in [4.69, 9.17) is 5.73 Å². The first-order valence-corrected chi connectivity index (χ1v) is 4.47. The average molecular weight is 180 g/mol. The summed E-state index contributed by atoms with van der Waals surface area (Å²) in [4.78, 5) is 4.10. The van der Waals surface area contributed by atoms with Crippen LogP contribution in [0.5, 0.6) is 0 Å². The van der Waals surface area contributed by atoms with E-state index >= 15 is 0 Å². The highest BCUT2D eigenvalue weighted by Crippen LogP contribution is 2.16. The summed E-state index contributed by atoms with van der Waals surface area (Å²) in [6, 6.07) is 5.14. The monoisotopic (exact) mass is 180 g/mol. The molecule has 2 atom stereocenters. The van der Waals surface area contributed by atoms with Crippen LogP contribution in [0.2, 0.25) is 0 Å². The fourth-order valence-corrected chi connectivity index (χ4v) is 1.16. The smallest absolute Gasteiger partial charge is 0.0771 e. The second kappa shape index (κ2) is 4.35. The van der Waals surface area contributed by atoms with Gasteiger partial charge in [-0.05, 0) is 18.1 Å². The number of aliphatic hydroxyl groups excluding tert-OH is 1. The van der Waals surface area contributed by atoms with Crippen LogP contribution >= 0.6 is 0 Å². The quantitative estimate of drug-likeness (QED) is 0.732. The van der Waals surface area contributed by atoms with E-state index in [0.29, 0.717) is 0 Å². The molecular weight excluding hydrogens is 164 g/mol. The van der Waals surface area contributed by atoms with Gasteiger partial charge in [-0.15, -0.1) is 0 Å². The van der Waals surface area contributed by atoms with Gasteiger partial charge in [0.15, 0.2) is 0 Å². The van der Waals surface area contributed by atoms with Gasteiger partial charge in [0.05, 0.1) is 17.8 Å². The van der Waals surface area contributed by atoms with Crippen molar-refractivity contribution in [3.8, 4) is 0 Å². The van der Waals surface area contributed by atoms with E-state index < -0.39 is 6.10 Å². The third kappa shape index (κ3) is 2.50. The van der Waals surface area contributed by atoms with Gasteiger partial charge in [-0.2, -0.15) is 0 Å². The molecule has 0 fully saturated rings. The van der Waals surface area contributed by atoms with Crippen molar-refractivity contribution in [1.82, 2.24) is 4.98 Å². The molecule has 1 aromatic heterocycles. The number of pyridine rings is 1. The molecule has 0 aromatic carbocycles. The summed E-state index contributed by atoms with van der Waals surface area (Å²) in [6.45, 7) is 3.88. The van der Waals surface area contributed by atoms with Crippen molar-refractivity contribution in [2.75, 3.05) is 0 Å². The fraction of sp³-hybridized carbons (Fsp3) is 0.500. The summed E-state index contributed by atoms with van der Waals surface area (Å²) in [5, 5.41) is 9.68. The molecule has 0 saturated heterocycles. The van der Waals surface area contributed by atoms with Gasteiger partial charge in [0.25, 0.3) is 0 Å². The summed E-state index contributed by atoms with van der Waals surface area (Å²) >= 11 is 0. The molecule has 3 nitrogen and oxygen atoms in total. The molecule has 1 rings (SSSR count). The third-order valence-corrected chi connectivity index (χ3v) is 2.08. The van der Waals surface area contributed by atoms with Gasteiger partial charge in [-0.3, -0.25) is 4.98 Å². The van der Waals surface area contributed by atoms with Gasteiger partial charge in [0, 0.05) is 6.20 Å². The van der Waals surface area contributed by atoms with E-state index in [1.165, 1.54) is 0 Å². The van der Waals surface area contributed by atoms with Crippen LogP contribution in [0.4, 0.5) is 0 Å². The first-order valence-electron chi connectivity index (χ1n) is 4.47. The Hall–Kier alpha value is -0.930. The molecule has 0 aliphatic heterocycles. The molecule has 0 unspecified atom stereocenters. The molecule has 0 aliphatic rings. The highest BCUT2D eigenvalue weighted by molar-refractivity contribution is 5.09. The summed E-state index contributed by atoms with van der Waals surface area (Å²) < 4.78 is 0. The van der Waals surface area contributed by atoms with Crippen LogP contribution in [0.25, 0.3) is 0 Å². The number of nitrogens with zero attached hydrogens (tertiary/aromatic N) is 1. The van der Waals surface area contributed by atoms with E-state index in [-0.39, 0.29) is 12.0 Å². The van der Waals surface area contributed by atoms with E-state index in [0.717, 1.165) is 5.69 Å². The van der Waals surface area contributed by atoms with Crippen molar-refractivity contribution in [3.05, 3.63) is 30.1 Å². The Kier molecular flexibility index (Phi) is 3.39. The lowest BCUT2D eigenvalue weighted by molar-refractivity contribution is 0.0965. The maximum absolute atomic E-state index is 9.68. The second-order valence-corrected chi connectivity index (χ2v) is 3.51. The summed E-state index contributed by atoms with van der Waals surface area (Å²) in [6.07, 6.45) is 1.15. The second-order valence-electron chi connectivity index (χ2n) is 3.51. The first-order chi connectivity index (χ1) is 6.13. The number of aliphatic hydroxyl groups is 1. The lowest BCUT2D eigenvalue weighted by Gasteiger charge is -2.21. The highest BCUT2D eigenvalue weighted by atomic mass is 16.3. The molecule has 0 radical (unpaired) electrons. The lowest BCUT2D eigenvalue weighted by Crippen LogP contribution is -2.31. The lowest BCUT2D eigenvalue weighted by atomic mass is 9.98. The summed E-state index contributed by atoms with van der Waals surface area (Å²) in [5.74, 6) is 0.150. The third-order valence-electron chi connectivity index (χ3n) is 2.08. The number of rotatable bonds is 3. The molecule has 0 amide bonds. The molecule has 3 N–H and O–H groups in total. The van der Waals surface area contributed by atoms with Crippen LogP contribution < -0.4 is 5.73 Å². The van der Waals surface area contributed by atoms with Crippen LogP contribution in [-0.2, 0) is 0 Å². The molecule has 0 aliphatic carbocycles. The van der Waals surface area contributed by atoms with Crippen molar-refractivity contribution in [1.29, 1.82) is 0 Å². The van der Waals surface area contributed by atoms with Crippen LogP contribution in [0, 0.1) is 5.92 Å².